The molecule has 0 unspecified atom stereocenters. The van der Waals surface area contributed by atoms with Gasteiger partial charge in [-0.2, -0.15) is 0 Å². The van der Waals surface area contributed by atoms with E-state index in [0.717, 1.165) is 13.1 Å². The van der Waals surface area contributed by atoms with Crippen molar-refractivity contribution >= 4 is 11.8 Å². The lowest BCUT2D eigenvalue weighted by Crippen LogP contribution is -2.56. The molecule has 1 aromatic rings. The van der Waals surface area contributed by atoms with E-state index < -0.39 is 6.04 Å². The molecule has 1 atom stereocenters. The first kappa shape index (κ1) is 19.5. The Morgan fingerprint density at radius 2 is 1.92 bits per heavy atom. The predicted molar refractivity (Wildman–Crippen MR) is 97.3 cm³/mol. The number of rotatable bonds is 7. The lowest BCUT2D eigenvalue weighted by Gasteiger charge is -2.41. The average molecular weight is 349 g/mol. The van der Waals surface area contributed by atoms with Crippen LogP contribution < -0.4 is 10.6 Å². The summed E-state index contributed by atoms with van der Waals surface area (Å²) in [7, 11) is 0. The number of carbonyl (C=O) groups is 2. The molecule has 2 amide bonds. The Morgan fingerprint density at radius 1 is 1.24 bits per heavy atom. The molecule has 6 nitrogen and oxygen atoms in total. The fourth-order valence-electron chi connectivity index (χ4n) is 3.18. The van der Waals surface area contributed by atoms with Gasteiger partial charge in [-0.15, -0.1) is 0 Å². The molecule has 0 radical (unpaired) electrons. The quantitative estimate of drug-likeness (QED) is 0.793. The zero-order chi connectivity index (χ0) is 18.4. The number of hydrogen-bond donors (Lipinski definition) is 2. The van der Waals surface area contributed by atoms with Gasteiger partial charge in [0, 0.05) is 12.1 Å². The van der Waals surface area contributed by atoms with Gasteiger partial charge in [-0.1, -0.05) is 20.3 Å². The van der Waals surface area contributed by atoms with E-state index in [2.05, 4.69) is 29.4 Å². The van der Waals surface area contributed by atoms with Gasteiger partial charge >= 0.3 is 0 Å². The molecule has 1 fully saturated rings. The van der Waals surface area contributed by atoms with E-state index in [-0.39, 0.29) is 29.0 Å². The fourth-order valence-corrected chi connectivity index (χ4v) is 3.18. The molecule has 2 rings (SSSR count). The number of hydrogen-bond acceptors (Lipinski definition) is 4. The van der Waals surface area contributed by atoms with Crippen molar-refractivity contribution in [1.29, 1.82) is 0 Å². The summed E-state index contributed by atoms with van der Waals surface area (Å²) in [5.41, 5.74) is -0.0946. The Hall–Kier alpha value is -1.82. The summed E-state index contributed by atoms with van der Waals surface area (Å²) in [6.07, 6.45) is 5.16. The normalized spacial score (nSPS) is 17.3. The molecular formula is C19H31N3O3. The zero-order valence-corrected chi connectivity index (χ0v) is 15.8. The average Bonchev–Trinajstić information content (AvgIpc) is 3.12. The van der Waals surface area contributed by atoms with Gasteiger partial charge in [0.05, 0.1) is 6.26 Å². The molecule has 0 aromatic carbocycles. The van der Waals surface area contributed by atoms with Crippen molar-refractivity contribution in [3.63, 3.8) is 0 Å². The standard InChI is InChI=1S/C19H31N3O3/c1-14(2)16(21-17(23)15-9-8-12-25-15)18(24)20-13-19(3,4)22-10-6-5-7-11-22/h8-9,12,14,16H,5-7,10-11,13H2,1-4H3,(H,20,24)(H,21,23)/t16-/m1/s1. The van der Waals surface area contributed by atoms with Crippen molar-refractivity contribution in [2.75, 3.05) is 19.6 Å². The molecule has 25 heavy (non-hydrogen) atoms. The van der Waals surface area contributed by atoms with Crippen molar-refractivity contribution in [3.05, 3.63) is 24.2 Å². The largest absolute Gasteiger partial charge is 0.459 e. The van der Waals surface area contributed by atoms with Crippen LogP contribution in [-0.2, 0) is 4.79 Å². The van der Waals surface area contributed by atoms with Gasteiger partial charge < -0.3 is 15.1 Å². The Kier molecular flexibility index (Phi) is 6.64. The van der Waals surface area contributed by atoms with Crippen molar-refractivity contribution in [2.24, 2.45) is 5.92 Å². The Labute approximate surface area is 150 Å². The molecule has 1 saturated heterocycles. The van der Waals surface area contributed by atoms with Crippen LogP contribution in [0.15, 0.2) is 22.8 Å². The second kappa shape index (κ2) is 8.52. The van der Waals surface area contributed by atoms with E-state index in [1.165, 1.54) is 25.5 Å². The van der Waals surface area contributed by atoms with Crippen LogP contribution in [0, 0.1) is 5.92 Å². The molecule has 0 spiro atoms. The minimum absolute atomic E-state index is 0.0167. The molecule has 0 saturated carbocycles. The molecule has 0 aliphatic carbocycles. The van der Waals surface area contributed by atoms with Crippen LogP contribution in [0.25, 0.3) is 0 Å². The lowest BCUT2D eigenvalue weighted by molar-refractivity contribution is -0.124. The second-order valence-electron chi connectivity index (χ2n) is 7.75. The van der Waals surface area contributed by atoms with Crippen molar-refractivity contribution < 1.29 is 14.0 Å². The first-order valence-electron chi connectivity index (χ1n) is 9.18. The molecular weight excluding hydrogens is 318 g/mol. The molecule has 6 heteroatoms. The van der Waals surface area contributed by atoms with Crippen molar-refractivity contribution in [1.82, 2.24) is 15.5 Å². The number of likely N-dealkylation sites (tertiary alicyclic amines) is 1. The first-order chi connectivity index (χ1) is 11.8. The maximum Gasteiger partial charge on any atom is 0.287 e. The highest BCUT2D eigenvalue weighted by molar-refractivity contribution is 5.95. The summed E-state index contributed by atoms with van der Waals surface area (Å²) >= 11 is 0. The van der Waals surface area contributed by atoms with E-state index >= 15 is 0 Å². The summed E-state index contributed by atoms with van der Waals surface area (Å²) in [6.45, 7) is 10.9. The number of furan rings is 1. The van der Waals surface area contributed by atoms with Crippen LogP contribution in [-0.4, -0.2) is 47.9 Å². The third-order valence-electron chi connectivity index (χ3n) is 4.89. The van der Waals surface area contributed by atoms with Crippen LogP contribution in [0.2, 0.25) is 0 Å². The van der Waals surface area contributed by atoms with Gasteiger partial charge in [0.25, 0.3) is 5.91 Å². The summed E-state index contributed by atoms with van der Waals surface area (Å²) in [6, 6.07) is 2.65. The topological polar surface area (TPSA) is 74.6 Å². The number of nitrogens with zero attached hydrogens (tertiary/aromatic N) is 1. The summed E-state index contributed by atoms with van der Waals surface area (Å²) in [5, 5.41) is 5.80. The Bertz CT molecular complexity index is 560. The summed E-state index contributed by atoms with van der Waals surface area (Å²) < 4.78 is 5.10. The minimum Gasteiger partial charge on any atom is -0.459 e. The molecule has 1 aliphatic rings. The number of piperidine rings is 1. The fraction of sp³-hybridized carbons (Fsp3) is 0.684. The molecule has 1 aliphatic heterocycles. The second-order valence-corrected chi connectivity index (χ2v) is 7.75. The van der Waals surface area contributed by atoms with Crippen LogP contribution in [0.1, 0.15) is 57.5 Å². The highest BCUT2D eigenvalue weighted by Gasteiger charge is 2.31. The molecule has 1 aromatic heterocycles. The maximum absolute atomic E-state index is 12.6. The highest BCUT2D eigenvalue weighted by Crippen LogP contribution is 2.20. The smallest absolute Gasteiger partial charge is 0.287 e. The van der Waals surface area contributed by atoms with Crippen LogP contribution in [0.5, 0.6) is 0 Å². The van der Waals surface area contributed by atoms with Gasteiger partial charge in [-0.25, -0.2) is 0 Å². The molecule has 2 N–H and O–H groups in total. The van der Waals surface area contributed by atoms with E-state index in [9.17, 15) is 9.59 Å². The van der Waals surface area contributed by atoms with E-state index in [4.69, 9.17) is 4.42 Å². The van der Waals surface area contributed by atoms with Gasteiger partial charge in [0.15, 0.2) is 5.76 Å². The highest BCUT2D eigenvalue weighted by atomic mass is 16.3. The van der Waals surface area contributed by atoms with Crippen LogP contribution in [0.3, 0.4) is 0 Å². The van der Waals surface area contributed by atoms with Crippen LogP contribution >= 0.6 is 0 Å². The number of carbonyl (C=O) groups excluding carboxylic acids is 2. The monoisotopic (exact) mass is 349 g/mol. The minimum atomic E-state index is -0.588. The van der Waals surface area contributed by atoms with E-state index in [0.29, 0.717) is 6.54 Å². The summed E-state index contributed by atoms with van der Waals surface area (Å²) in [4.78, 5) is 27.3. The first-order valence-corrected chi connectivity index (χ1v) is 9.18. The van der Waals surface area contributed by atoms with Gasteiger partial charge in [-0.05, 0) is 57.8 Å². The van der Waals surface area contributed by atoms with Crippen molar-refractivity contribution in [3.8, 4) is 0 Å². The van der Waals surface area contributed by atoms with Crippen molar-refractivity contribution in [2.45, 2.75) is 58.5 Å². The predicted octanol–water partition coefficient (Wildman–Crippen LogP) is 2.41. The Morgan fingerprint density at radius 3 is 2.48 bits per heavy atom. The molecule has 140 valence electrons. The maximum atomic E-state index is 12.6. The van der Waals surface area contributed by atoms with Gasteiger partial charge in [0.1, 0.15) is 6.04 Å². The third kappa shape index (κ3) is 5.33. The zero-order valence-electron chi connectivity index (χ0n) is 15.8. The molecule has 0 bridgehead atoms. The SMILES string of the molecule is CC(C)[C@@H](NC(=O)c1ccco1)C(=O)NCC(C)(C)N1CCCCC1. The molecule has 2 heterocycles. The lowest BCUT2D eigenvalue weighted by atomic mass is 9.97. The van der Waals surface area contributed by atoms with Gasteiger partial charge in [0.2, 0.25) is 5.91 Å². The Balaban J connectivity index is 1.92. The van der Waals surface area contributed by atoms with E-state index in [1.807, 2.05) is 13.8 Å². The number of amides is 2. The summed E-state index contributed by atoms with van der Waals surface area (Å²) in [5.74, 6) is -0.321. The third-order valence-corrected chi connectivity index (χ3v) is 4.89. The number of nitrogens with one attached hydrogen (secondary N) is 2. The van der Waals surface area contributed by atoms with E-state index in [1.54, 1.807) is 12.1 Å². The van der Waals surface area contributed by atoms with Crippen LogP contribution in [0.4, 0.5) is 0 Å². The van der Waals surface area contributed by atoms with Gasteiger partial charge in [-0.3, -0.25) is 14.5 Å².